The van der Waals surface area contributed by atoms with Crippen LogP contribution in [-0.4, -0.2) is 83.1 Å². The molecule has 4 atom stereocenters. The normalized spacial score (nSPS) is 18.7. The summed E-state index contributed by atoms with van der Waals surface area (Å²) in [5.74, 6) is -1.54. The highest BCUT2D eigenvalue weighted by molar-refractivity contribution is 9.10. The number of alkyl halides is 2. The van der Waals surface area contributed by atoms with Crippen LogP contribution in [0.5, 0.6) is 0 Å². The van der Waals surface area contributed by atoms with E-state index in [0.717, 1.165) is 32.8 Å². The number of thiophene rings is 2. The van der Waals surface area contributed by atoms with Gasteiger partial charge in [0.2, 0.25) is 23.7 Å². The van der Waals surface area contributed by atoms with Crippen molar-refractivity contribution >= 4 is 98.1 Å². The van der Waals surface area contributed by atoms with Crippen LogP contribution in [0.3, 0.4) is 0 Å². The number of carbonyl (C=O) groups is 4. The Bertz CT molecular complexity index is 2210. The number of fused-ring (bicyclic) bond motifs is 2. The smallest absolute Gasteiger partial charge is 0.423 e. The van der Waals surface area contributed by atoms with Gasteiger partial charge in [0.1, 0.15) is 16.9 Å². The number of hydrogen-bond acceptors (Lipinski definition) is 12. The van der Waals surface area contributed by atoms with Crippen molar-refractivity contribution in [2.24, 2.45) is 11.8 Å². The lowest BCUT2D eigenvalue weighted by Crippen LogP contribution is -2.26. The second kappa shape index (κ2) is 15.0. The zero-order chi connectivity index (χ0) is 35.5. The summed E-state index contributed by atoms with van der Waals surface area (Å²) >= 11 is 5.73. The molecule has 2 fully saturated rings. The molecule has 6 heterocycles. The molecule has 2 amide bonds. The summed E-state index contributed by atoms with van der Waals surface area (Å²) in [4.78, 5) is 54.5. The molecule has 20 heteroatoms. The van der Waals surface area contributed by atoms with Gasteiger partial charge < -0.3 is 10.0 Å². The molecule has 0 aromatic carbocycles. The summed E-state index contributed by atoms with van der Waals surface area (Å²) in [5, 5.41) is 30.6. The van der Waals surface area contributed by atoms with E-state index in [4.69, 9.17) is 10.0 Å². The van der Waals surface area contributed by atoms with E-state index in [9.17, 15) is 28.0 Å². The first kappa shape index (κ1) is 35.1. The molecule has 2 saturated carbocycles. The van der Waals surface area contributed by atoms with Gasteiger partial charge in [0.05, 0.1) is 32.2 Å². The van der Waals surface area contributed by atoms with Crippen LogP contribution >= 0.6 is 38.6 Å². The lowest BCUT2D eigenvalue weighted by molar-refractivity contribution is -0.118. The summed E-state index contributed by atoms with van der Waals surface area (Å²) in [6.45, 7) is 0. The van der Waals surface area contributed by atoms with E-state index in [1.807, 2.05) is 30.3 Å². The summed E-state index contributed by atoms with van der Waals surface area (Å²) in [5.41, 5.74) is 1.94. The number of carbonyl (C=O) groups excluding carboxylic acids is 4. The molecule has 0 saturated heterocycles. The van der Waals surface area contributed by atoms with E-state index in [-0.39, 0.29) is 24.2 Å². The topological polar surface area (TPSA) is 193 Å². The predicted octanol–water partition coefficient (Wildman–Crippen LogP) is 3.60. The van der Waals surface area contributed by atoms with Crippen molar-refractivity contribution in [3.8, 4) is 10.6 Å². The van der Waals surface area contributed by atoms with Gasteiger partial charge in [-0.3, -0.25) is 29.8 Å². The minimum atomic E-state index is -1.46. The molecule has 6 aromatic rings. The number of pyridine rings is 2. The SMILES string of the molecule is O=C(Nc1nc2cccc(Br)n2n1)[C@H]1C[C@@H]1F.O=Cc1ccc(-c2cccc3nc(NC(=O)[C@H]4C[C@@H]4F)nn23)s1.O=Cc1ccc(B(O)O)s1. The average molecular weight is 785 g/mol. The van der Waals surface area contributed by atoms with Crippen molar-refractivity contribution in [3.63, 3.8) is 0 Å². The van der Waals surface area contributed by atoms with Crippen molar-refractivity contribution in [1.29, 1.82) is 0 Å². The summed E-state index contributed by atoms with van der Waals surface area (Å²) in [7, 11) is -1.46. The van der Waals surface area contributed by atoms with Gasteiger partial charge in [0, 0.05) is 4.78 Å². The Morgan fingerprint density at radius 2 is 1.32 bits per heavy atom. The number of aldehydes is 2. The van der Waals surface area contributed by atoms with Gasteiger partial charge in [0.25, 0.3) is 0 Å². The Hall–Kier alpha value is -4.76. The molecule has 4 N–H and O–H groups in total. The van der Waals surface area contributed by atoms with E-state index in [0.29, 0.717) is 38.5 Å². The quantitative estimate of drug-likeness (QED) is 0.101. The van der Waals surface area contributed by atoms with E-state index >= 15 is 0 Å². The summed E-state index contributed by atoms with van der Waals surface area (Å²) in [6.07, 6.45) is -0.0491. The Morgan fingerprint density at radius 1 is 0.800 bits per heavy atom. The molecule has 0 bridgehead atoms. The fourth-order valence-electron chi connectivity index (χ4n) is 4.47. The fourth-order valence-corrected chi connectivity index (χ4v) is 6.42. The number of nitrogens with zero attached hydrogens (tertiary/aromatic N) is 6. The van der Waals surface area contributed by atoms with E-state index in [2.05, 4.69) is 46.7 Å². The van der Waals surface area contributed by atoms with Crippen LogP contribution in [0.1, 0.15) is 32.2 Å². The van der Waals surface area contributed by atoms with Crippen LogP contribution in [0.25, 0.3) is 21.9 Å². The molecule has 8 rings (SSSR count). The minimum Gasteiger partial charge on any atom is -0.423 e. The first-order valence-electron chi connectivity index (χ1n) is 14.8. The maximum atomic E-state index is 12.9. The fraction of sp³-hybridized carbons (Fsp3) is 0.200. The molecular weight excluding hydrogens is 761 g/mol. The largest absolute Gasteiger partial charge is 0.499 e. The zero-order valence-electron chi connectivity index (χ0n) is 25.4. The minimum absolute atomic E-state index is 0.147. The Labute approximate surface area is 297 Å². The average Bonchev–Trinajstić information content (AvgIpc) is 3.63. The van der Waals surface area contributed by atoms with Crippen LogP contribution in [0.4, 0.5) is 20.7 Å². The first-order valence-corrected chi connectivity index (χ1v) is 17.2. The first-order chi connectivity index (χ1) is 24.0. The second-order valence-electron chi connectivity index (χ2n) is 10.9. The van der Waals surface area contributed by atoms with Crippen LogP contribution in [0.15, 0.2) is 65.3 Å². The molecule has 6 aromatic heterocycles. The second-order valence-corrected chi connectivity index (χ2v) is 14.0. The molecule has 50 heavy (non-hydrogen) atoms. The molecule has 0 spiro atoms. The van der Waals surface area contributed by atoms with Crippen LogP contribution < -0.4 is 15.4 Å². The van der Waals surface area contributed by atoms with Crippen LogP contribution in [-0.2, 0) is 9.59 Å². The molecule has 0 unspecified atom stereocenters. The van der Waals surface area contributed by atoms with Gasteiger partial charge >= 0.3 is 7.12 Å². The van der Waals surface area contributed by atoms with E-state index in [1.165, 1.54) is 17.4 Å². The number of nitrogens with one attached hydrogen (secondary N) is 2. The van der Waals surface area contributed by atoms with Crippen molar-refractivity contribution in [1.82, 2.24) is 29.2 Å². The van der Waals surface area contributed by atoms with Crippen molar-refractivity contribution in [2.45, 2.75) is 25.2 Å². The third kappa shape index (κ3) is 8.16. The van der Waals surface area contributed by atoms with Gasteiger partial charge in [-0.1, -0.05) is 18.2 Å². The zero-order valence-corrected chi connectivity index (χ0v) is 28.6. The van der Waals surface area contributed by atoms with Crippen molar-refractivity contribution in [3.05, 3.63) is 75.0 Å². The summed E-state index contributed by atoms with van der Waals surface area (Å²) in [6, 6.07) is 17.5. The van der Waals surface area contributed by atoms with Crippen LogP contribution in [0, 0.1) is 11.8 Å². The highest BCUT2D eigenvalue weighted by Gasteiger charge is 2.44. The van der Waals surface area contributed by atoms with Crippen LogP contribution in [0.2, 0.25) is 0 Å². The standard InChI is InChI=1S/C15H11FN4O2S.C10H8BrFN4O.C5H5BO3S/c16-10-6-9(10)14(22)18-15-17-13-3-1-2-11(20(13)19-15)12-5-4-8(7-21)23-12;11-7-2-1-3-8-13-10(15-16(7)8)14-9(17)5-4-6(5)12;7-3-4-1-2-5(10-4)6(8)9/h1-5,7,9-10H,6H2,(H,18,19,22);1-3,5-6H,4H2,(H,14,15,17);1-3,8-9H/t9-,10-;5-,6-;/m00./s1. The molecule has 0 radical (unpaired) electrons. The maximum absolute atomic E-state index is 12.9. The molecule has 2 aliphatic rings. The van der Waals surface area contributed by atoms with E-state index < -0.39 is 37.2 Å². The third-order valence-electron chi connectivity index (χ3n) is 7.26. The summed E-state index contributed by atoms with van der Waals surface area (Å²) < 4.78 is 29.9. The molecule has 0 aliphatic heterocycles. The van der Waals surface area contributed by atoms with Crippen molar-refractivity contribution in [2.75, 3.05) is 10.6 Å². The highest BCUT2D eigenvalue weighted by atomic mass is 79.9. The predicted molar refractivity (Wildman–Crippen MR) is 185 cm³/mol. The number of amides is 2. The van der Waals surface area contributed by atoms with Gasteiger partial charge in [-0.05, 0) is 71.2 Å². The van der Waals surface area contributed by atoms with Gasteiger partial charge in [0.15, 0.2) is 23.9 Å². The number of anilines is 2. The number of rotatable bonds is 8. The lowest BCUT2D eigenvalue weighted by Gasteiger charge is -2.00. The third-order valence-corrected chi connectivity index (χ3v) is 9.94. The molecule has 14 nitrogen and oxygen atoms in total. The molecule has 2 aliphatic carbocycles. The van der Waals surface area contributed by atoms with Gasteiger partial charge in [-0.2, -0.15) is 9.97 Å². The van der Waals surface area contributed by atoms with E-state index in [1.54, 1.807) is 33.3 Å². The maximum Gasteiger partial charge on any atom is 0.499 e. The lowest BCUT2D eigenvalue weighted by atomic mass is 9.90. The molecule has 256 valence electrons. The number of halogens is 3. The van der Waals surface area contributed by atoms with Gasteiger partial charge in [-0.15, -0.1) is 32.9 Å². The Morgan fingerprint density at radius 3 is 1.80 bits per heavy atom. The van der Waals surface area contributed by atoms with Crippen molar-refractivity contribution < 1.29 is 38.0 Å². The highest BCUT2D eigenvalue weighted by Crippen LogP contribution is 2.35. The monoisotopic (exact) mass is 784 g/mol. The Balaban J connectivity index is 0.000000141. The number of aromatic nitrogens is 6. The van der Waals surface area contributed by atoms with Gasteiger partial charge in [-0.25, -0.2) is 17.8 Å². The molecular formula is C30H24BBrF2N8O6S2. The Kier molecular flexibility index (Phi) is 10.5. The number of hydrogen-bond donors (Lipinski definition) is 4.